The van der Waals surface area contributed by atoms with Gasteiger partial charge in [-0.05, 0) is 30.2 Å². The van der Waals surface area contributed by atoms with Crippen molar-refractivity contribution in [2.24, 2.45) is 11.1 Å². The summed E-state index contributed by atoms with van der Waals surface area (Å²) < 4.78 is 5.70. The maximum absolute atomic E-state index is 12.5. The van der Waals surface area contributed by atoms with Crippen molar-refractivity contribution in [1.29, 1.82) is 0 Å². The maximum atomic E-state index is 12.5. The molecule has 4 nitrogen and oxygen atoms in total. The van der Waals surface area contributed by atoms with Crippen LogP contribution in [0.4, 0.5) is 0 Å². The van der Waals surface area contributed by atoms with Gasteiger partial charge in [0.05, 0.1) is 12.1 Å². The molecule has 0 saturated carbocycles. The lowest BCUT2D eigenvalue weighted by atomic mass is 9.85. The van der Waals surface area contributed by atoms with E-state index in [0.717, 1.165) is 24.8 Å². The van der Waals surface area contributed by atoms with Crippen LogP contribution in [-0.2, 0) is 9.53 Å². The van der Waals surface area contributed by atoms with Crippen molar-refractivity contribution in [1.82, 2.24) is 5.32 Å². The monoisotopic (exact) mass is 304 g/mol. The molecule has 0 bridgehead atoms. The van der Waals surface area contributed by atoms with Crippen LogP contribution in [0.2, 0.25) is 0 Å². The van der Waals surface area contributed by atoms with Crippen LogP contribution in [0.5, 0.6) is 0 Å². The molecule has 3 atom stereocenters. The highest BCUT2D eigenvalue weighted by Gasteiger charge is 2.32. The van der Waals surface area contributed by atoms with Gasteiger partial charge in [-0.25, -0.2) is 0 Å². The summed E-state index contributed by atoms with van der Waals surface area (Å²) in [5.74, 6) is -0.0194. The molecule has 0 aromatic heterocycles. The van der Waals surface area contributed by atoms with Crippen LogP contribution in [-0.4, -0.2) is 24.7 Å². The number of rotatable bonds is 5. The van der Waals surface area contributed by atoms with E-state index in [1.807, 2.05) is 18.2 Å². The molecule has 22 heavy (non-hydrogen) atoms. The van der Waals surface area contributed by atoms with Crippen molar-refractivity contribution in [3.05, 3.63) is 35.9 Å². The summed E-state index contributed by atoms with van der Waals surface area (Å²) in [5, 5.41) is 3.17. The van der Waals surface area contributed by atoms with Gasteiger partial charge < -0.3 is 15.8 Å². The third-order valence-corrected chi connectivity index (χ3v) is 4.00. The van der Waals surface area contributed by atoms with E-state index in [2.05, 4.69) is 38.2 Å². The Morgan fingerprint density at radius 2 is 2.00 bits per heavy atom. The molecule has 0 spiro atoms. The molecule has 1 saturated heterocycles. The second kappa shape index (κ2) is 7.25. The zero-order chi connectivity index (χ0) is 16.2. The van der Waals surface area contributed by atoms with Gasteiger partial charge in [-0.15, -0.1) is 0 Å². The van der Waals surface area contributed by atoms with Crippen LogP contribution in [0.3, 0.4) is 0 Å². The highest BCUT2D eigenvalue weighted by Crippen LogP contribution is 2.30. The average Bonchev–Trinajstić information content (AvgIpc) is 2.95. The van der Waals surface area contributed by atoms with E-state index < -0.39 is 0 Å². The summed E-state index contributed by atoms with van der Waals surface area (Å²) in [7, 11) is 0. The fourth-order valence-electron chi connectivity index (χ4n) is 2.89. The minimum atomic E-state index is -0.361. The first kappa shape index (κ1) is 17.0. The zero-order valence-electron chi connectivity index (χ0n) is 13.8. The standard InChI is InChI=1S/C18H28N2O2/c1-18(2,3)11-15(13-7-5-4-6-8-13)20-17(21)16-10-9-14(12-19)22-16/h4-8,14-16H,9-12,19H2,1-3H3,(H,20,21)/t14-,15?,16+/m1/s1. The van der Waals surface area contributed by atoms with Crippen molar-refractivity contribution in [2.75, 3.05) is 6.54 Å². The van der Waals surface area contributed by atoms with Gasteiger partial charge in [0.25, 0.3) is 0 Å². The lowest BCUT2D eigenvalue weighted by Crippen LogP contribution is -2.39. The quantitative estimate of drug-likeness (QED) is 0.879. The Bertz CT molecular complexity index is 482. The number of nitrogens with one attached hydrogen (secondary N) is 1. The van der Waals surface area contributed by atoms with Gasteiger partial charge in [-0.3, -0.25) is 4.79 Å². The van der Waals surface area contributed by atoms with Gasteiger partial charge in [-0.1, -0.05) is 51.1 Å². The van der Waals surface area contributed by atoms with Gasteiger partial charge in [0.1, 0.15) is 6.10 Å². The molecular weight excluding hydrogens is 276 g/mol. The first-order chi connectivity index (χ1) is 10.4. The molecule has 122 valence electrons. The van der Waals surface area contributed by atoms with Crippen LogP contribution < -0.4 is 11.1 Å². The van der Waals surface area contributed by atoms with Gasteiger partial charge >= 0.3 is 0 Å². The molecule has 1 aromatic carbocycles. The van der Waals surface area contributed by atoms with E-state index >= 15 is 0 Å². The molecular formula is C18H28N2O2. The zero-order valence-corrected chi connectivity index (χ0v) is 13.8. The Kier molecular flexibility index (Phi) is 5.59. The van der Waals surface area contributed by atoms with Crippen LogP contribution in [0.1, 0.15) is 51.6 Å². The van der Waals surface area contributed by atoms with Crippen LogP contribution in [0.15, 0.2) is 30.3 Å². The summed E-state index contributed by atoms with van der Waals surface area (Å²) in [6, 6.07) is 10.1. The van der Waals surface area contributed by atoms with E-state index in [9.17, 15) is 4.79 Å². The molecule has 4 heteroatoms. The normalized spacial score (nSPS) is 23.3. The van der Waals surface area contributed by atoms with Crippen LogP contribution >= 0.6 is 0 Å². The molecule has 0 radical (unpaired) electrons. The molecule has 1 aliphatic rings. The van der Waals surface area contributed by atoms with E-state index in [1.165, 1.54) is 0 Å². The number of nitrogens with two attached hydrogens (primary N) is 1. The predicted molar refractivity (Wildman–Crippen MR) is 88.3 cm³/mol. The molecule has 1 heterocycles. The van der Waals surface area contributed by atoms with Gasteiger partial charge in [-0.2, -0.15) is 0 Å². The maximum Gasteiger partial charge on any atom is 0.249 e. The molecule has 1 unspecified atom stereocenters. The van der Waals surface area contributed by atoms with E-state index in [1.54, 1.807) is 0 Å². The molecule has 1 aromatic rings. The Morgan fingerprint density at radius 1 is 1.32 bits per heavy atom. The van der Waals surface area contributed by atoms with Crippen LogP contribution in [0, 0.1) is 5.41 Å². The van der Waals surface area contributed by atoms with Crippen molar-refractivity contribution >= 4 is 5.91 Å². The summed E-state index contributed by atoms with van der Waals surface area (Å²) in [6.45, 7) is 7.04. The molecule has 0 aliphatic carbocycles. The first-order valence-corrected chi connectivity index (χ1v) is 8.10. The third-order valence-electron chi connectivity index (χ3n) is 4.00. The number of carbonyl (C=O) groups excluding carboxylic acids is 1. The van der Waals surface area contributed by atoms with E-state index in [0.29, 0.717) is 6.54 Å². The number of ether oxygens (including phenoxy) is 1. The fourth-order valence-corrected chi connectivity index (χ4v) is 2.89. The largest absolute Gasteiger partial charge is 0.364 e. The van der Waals surface area contributed by atoms with E-state index in [4.69, 9.17) is 10.5 Å². The second-order valence-corrected chi connectivity index (χ2v) is 7.30. The molecule has 3 N–H and O–H groups in total. The minimum Gasteiger partial charge on any atom is -0.364 e. The molecule has 1 fully saturated rings. The Morgan fingerprint density at radius 3 is 2.55 bits per heavy atom. The summed E-state index contributed by atoms with van der Waals surface area (Å²) in [4.78, 5) is 12.5. The highest BCUT2D eigenvalue weighted by atomic mass is 16.5. The number of hydrogen-bond donors (Lipinski definition) is 2. The Labute approximate surface area is 133 Å². The minimum absolute atomic E-state index is 0.00854. The lowest BCUT2D eigenvalue weighted by Gasteiger charge is -2.28. The fraction of sp³-hybridized carbons (Fsp3) is 0.611. The number of hydrogen-bond acceptors (Lipinski definition) is 3. The highest BCUT2D eigenvalue weighted by molar-refractivity contribution is 5.81. The Hall–Kier alpha value is -1.39. The summed E-state index contributed by atoms with van der Waals surface area (Å²) in [6.07, 6.45) is 2.16. The van der Waals surface area contributed by atoms with Crippen molar-refractivity contribution in [3.63, 3.8) is 0 Å². The topological polar surface area (TPSA) is 64.4 Å². The third kappa shape index (κ3) is 4.82. The number of carbonyl (C=O) groups is 1. The SMILES string of the molecule is CC(C)(C)CC(NC(=O)[C@@H]1CC[C@H](CN)O1)c1ccccc1. The first-order valence-electron chi connectivity index (χ1n) is 8.10. The van der Waals surface area contributed by atoms with Gasteiger partial charge in [0.2, 0.25) is 5.91 Å². The lowest BCUT2D eigenvalue weighted by molar-refractivity contribution is -0.132. The molecule has 1 aliphatic heterocycles. The van der Waals surface area contributed by atoms with Crippen molar-refractivity contribution < 1.29 is 9.53 Å². The number of benzene rings is 1. The van der Waals surface area contributed by atoms with Crippen LogP contribution in [0.25, 0.3) is 0 Å². The van der Waals surface area contributed by atoms with Crippen molar-refractivity contribution in [2.45, 2.75) is 58.3 Å². The van der Waals surface area contributed by atoms with Crippen molar-refractivity contribution in [3.8, 4) is 0 Å². The number of amides is 1. The smallest absolute Gasteiger partial charge is 0.249 e. The molecule has 2 rings (SSSR count). The second-order valence-electron chi connectivity index (χ2n) is 7.30. The predicted octanol–water partition coefficient (Wildman–Crippen LogP) is 2.79. The van der Waals surface area contributed by atoms with Gasteiger partial charge in [0.15, 0.2) is 0 Å². The molecule has 1 amide bonds. The van der Waals surface area contributed by atoms with E-state index in [-0.39, 0.29) is 29.6 Å². The van der Waals surface area contributed by atoms with Gasteiger partial charge in [0, 0.05) is 6.54 Å². The summed E-state index contributed by atoms with van der Waals surface area (Å²) in [5.41, 5.74) is 6.88. The summed E-state index contributed by atoms with van der Waals surface area (Å²) >= 11 is 0. The Balaban J connectivity index is 2.05. The average molecular weight is 304 g/mol.